The minimum Gasteiger partial charge on any atom is -0.281 e. The zero-order valence-electron chi connectivity index (χ0n) is 10.3. The second-order valence-corrected chi connectivity index (χ2v) is 7.50. The highest BCUT2D eigenvalue weighted by molar-refractivity contribution is 6.63. The van der Waals surface area contributed by atoms with E-state index >= 15 is 0 Å². The van der Waals surface area contributed by atoms with E-state index in [1.54, 1.807) is 0 Å². The van der Waals surface area contributed by atoms with E-state index in [1.807, 2.05) is 0 Å². The topological polar surface area (TPSA) is 17.1 Å². The molecule has 2 heteroatoms. The van der Waals surface area contributed by atoms with E-state index in [9.17, 15) is 4.79 Å². The molecule has 4 saturated carbocycles. The molecule has 0 aliphatic heterocycles. The Balaban J connectivity index is 1.98. The van der Waals surface area contributed by atoms with Crippen LogP contribution in [0.5, 0.6) is 0 Å². The van der Waals surface area contributed by atoms with E-state index in [-0.39, 0.29) is 10.7 Å². The number of hydrogen-bond acceptors (Lipinski definition) is 1. The van der Waals surface area contributed by atoms with Gasteiger partial charge < -0.3 is 0 Å². The number of rotatable bonds is 2. The Morgan fingerprint density at radius 1 is 1.19 bits per heavy atom. The Hall–Kier alpha value is -0.0400. The Kier molecular flexibility index (Phi) is 2.25. The fraction of sp³-hybridized carbons (Fsp3) is 0.929. The van der Waals surface area contributed by atoms with Crippen molar-refractivity contribution in [2.24, 2.45) is 28.6 Å². The lowest BCUT2D eigenvalue weighted by atomic mass is 9.39. The van der Waals surface area contributed by atoms with E-state index in [1.165, 1.54) is 32.1 Å². The van der Waals surface area contributed by atoms with Crippen LogP contribution in [0.3, 0.4) is 0 Å². The molecule has 1 nitrogen and oxygen atoms in total. The fourth-order valence-electron chi connectivity index (χ4n) is 5.27. The summed E-state index contributed by atoms with van der Waals surface area (Å²) in [7, 11) is 0. The number of hydrogen-bond donors (Lipinski definition) is 0. The summed E-state index contributed by atoms with van der Waals surface area (Å²) in [6.07, 6.45) is 7.36. The molecule has 2 unspecified atom stereocenters. The molecule has 0 aromatic carbocycles. The minimum atomic E-state index is -0.116. The van der Waals surface area contributed by atoms with Crippen LogP contribution < -0.4 is 0 Å². The third kappa shape index (κ3) is 1.33. The molecule has 0 aromatic rings. The molecule has 4 fully saturated rings. The van der Waals surface area contributed by atoms with E-state index in [2.05, 4.69) is 13.8 Å². The van der Waals surface area contributed by atoms with Gasteiger partial charge in [0.05, 0.1) is 0 Å². The summed E-state index contributed by atoms with van der Waals surface area (Å²) < 4.78 is 0. The van der Waals surface area contributed by atoms with Crippen molar-refractivity contribution in [3.63, 3.8) is 0 Å². The van der Waals surface area contributed by atoms with E-state index in [4.69, 9.17) is 11.6 Å². The lowest BCUT2D eigenvalue weighted by molar-refractivity contribution is -0.166. The Morgan fingerprint density at radius 2 is 1.75 bits per heavy atom. The summed E-state index contributed by atoms with van der Waals surface area (Å²) >= 11 is 5.70. The van der Waals surface area contributed by atoms with Crippen LogP contribution in [0.15, 0.2) is 0 Å². The monoisotopic (exact) mass is 240 g/mol. The molecule has 0 aromatic heterocycles. The second-order valence-electron chi connectivity index (χ2n) is 7.08. The normalized spacial score (nSPS) is 48.3. The average molecular weight is 241 g/mol. The van der Waals surface area contributed by atoms with Crippen LogP contribution in [0, 0.1) is 28.6 Å². The van der Waals surface area contributed by atoms with Crippen molar-refractivity contribution in [1.82, 2.24) is 0 Å². The molecular formula is C14H21ClO. The maximum Gasteiger partial charge on any atom is 0.222 e. The first kappa shape index (κ1) is 11.1. The first-order chi connectivity index (χ1) is 7.43. The first-order valence-electron chi connectivity index (χ1n) is 6.61. The Labute approximate surface area is 103 Å². The second kappa shape index (κ2) is 3.25. The van der Waals surface area contributed by atoms with Crippen LogP contribution in [0.1, 0.15) is 52.4 Å². The zero-order chi connectivity index (χ0) is 11.6. The minimum absolute atomic E-state index is 0.116. The summed E-state index contributed by atoms with van der Waals surface area (Å²) in [5.74, 6) is 2.62. The fourth-order valence-corrected chi connectivity index (χ4v) is 5.53. The van der Waals surface area contributed by atoms with Crippen molar-refractivity contribution in [2.75, 3.05) is 0 Å². The van der Waals surface area contributed by atoms with E-state index in [0.717, 1.165) is 17.8 Å². The van der Waals surface area contributed by atoms with Gasteiger partial charge in [-0.05, 0) is 72.3 Å². The number of carbonyl (C=O) groups excluding carboxylic acids is 1. The Bertz CT molecular complexity index is 320. The zero-order valence-corrected chi connectivity index (χ0v) is 11.0. The van der Waals surface area contributed by atoms with Crippen LogP contribution >= 0.6 is 11.6 Å². The summed E-state index contributed by atoms with van der Waals surface area (Å²) in [4.78, 5) is 11.4. The van der Waals surface area contributed by atoms with Gasteiger partial charge >= 0.3 is 0 Å². The van der Waals surface area contributed by atoms with Gasteiger partial charge in [-0.1, -0.05) is 13.8 Å². The third-order valence-electron chi connectivity index (χ3n) is 6.13. The SMILES string of the molecule is CC1(C)C2CC3CC(C2)CC1(CC(=O)Cl)C3. The van der Waals surface area contributed by atoms with Crippen molar-refractivity contribution >= 4 is 16.8 Å². The highest BCUT2D eigenvalue weighted by atomic mass is 35.5. The van der Waals surface area contributed by atoms with Gasteiger partial charge in [-0.25, -0.2) is 0 Å². The summed E-state index contributed by atoms with van der Waals surface area (Å²) in [5.41, 5.74) is 0.561. The van der Waals surface area contributed by atoms with Crippen molar-refractivity contribution in [1.29, 1.82) is 0 Å². The number of carbonyl (C=O) groups is 1. The van der Waals surface area contributed by atoms with Crippen molar-refractivity contribution in [3.8, 4) is 0 Å². The lowest BCUT2D eigenvalue weighted by Crippen LogP contribution is -2.57. The largest absolute Gasteiger partial charge is 0.281 e. The molecule has 0 amide bonds. The van der Waals surface area contributed by atoms with Crippen LogP contribution in [-0.4, -0.2) is 5.24 Å². The van der Waals surface area contributed by atoms with Crippen LogP contribution in [0.2, 0.25) is 0 Å². The molecule has 4 aliphatic rings. The molecule has 0 radical (unpaired) electrons. The van der Waals surface area contributed by atoms with Gasteiger partial charge in [0, 0.05) is 6.42 Å². The highest BCUT2D eigenvalue weighted by Gasteiger charge is 2.61. The molecule has 0 heterocycles. The lowest BCUT2D eigenvalue weighted by Gasteiger charge is -2.66. The molecule has 4 aliphatic carbocycles. The van der Waals surface area contributed by atoms with Crippen LogP contribution in [-0.2, 0) is 4.79 Å². The molecule has 4 rings (SSSR count). The predicted octanol–water partition coefficient (Wildman–Crippen LogP) is 3.99. The first-order valence-corrected chi connectivity index (χ1v) is 6.99. The Morgan fingerprint density at radius 3 is 2.25 bits per heavy atom. The van der Waals surface area contributed by atoms with Gasteiger partial charge in [0.2, 0.25) is 5.24 Å². The summed E-state index contributed by atoms with van der Waals surface area (Å²) in [6, 6.07) is 0. The summed E-state index contributed by atoms with van der Waals surface area (Å²) in [6.45, 7) is 4.77. The standard InChI is InChI=1S/C14H21ClO/c1-13(2)11-4-9-3-10(5-11)7-14(13,6-9)8-12(15)16/h9-11H,3-8H2,1-2H3. The molecule has 4 bridgehead atoms. The molecule has 2 atom stereocenters. The third-order valence-corrected chi connectivity index (χ3v) is 6.26. The van der Waals surface area contributed by atoms with E-state index < -0.39 is 0 Å². The number of halogens is 1. The smallest absolute Gasteiger partial charge is 0.222 e. The van der Waals surface area contributed by atoms with Gasteiger partial charge in [0.15, 0.2) is 0 Å². The van der Waals surface area contributed by atoms with Crippen molar-refractivity contribution in [2.45, 2.75) is 52.4 Å². The van der Waals surface area contributed by atoms with Crippen LogP contribution in [0.25, 0.3) is 0 Å². The van der Waals surface area contributed by atoms with E-state index in [0.29, 0.717) is 11.8 Å². The maximum atomic E-state index is 11.4. The maximum absolute atomic E-state index is 11.4. The van der Waals surface area contributed by atoms with Gasteiger partial charge in [-0.15, -0.1) is 0 Å². The van der Waals surface area contributed by atoms with Gasteiger partial charge in [-0.3, -0.25) is 4.79 Å². The average Bonchev–Trinajstić information content (AvgIpc) is 2.12. The molecule has 0 N–H and O–H groups in total. The van der Waals surface area contributed by atoms with Gasteiger partial charge in [-0.2, -0.15) is 0 Å². The predicted molar refractivity (Wildman–Crippen MR) is 65.2 cm³/mol. The molecular weight excluding hydrogens is 220 g/mol. The highest BCUT2D eigenvalue weighted by Crippen LogP contribution is 2.69. The van der Waals surface area contributed by atoms with Crippen molar-refractivity contribution in [3.05, 3.63) is 0 Å². The van der Waals surface area contributed by atoms with Gasteiger partial charge in [0.1, 0.15) is 0 Å². The summed E-state index contributed by atoms with van der Waals surface area (Å²) in [5, 5.41) is -0.116. The molecule has 90 valence electrons. The molecule has 0 spiro atoms. The quantitative estimate of drug-likeness (QED) is 0.667. The molecule has 0 saturated heterocycles. The van der Waals surface area contributed by atoms with Crippen LogP contribution in [0.4, 0.5) is 0 Å². The van der Waals surface area contributed by atoms with Crippen molar-refractivity contribution < 1.29 is 4.79 Å². The molecule has 16 heavy (non-hydrogen) atoms. The van der Waals surface area contributed by atoms with Gasteiger partial charge in [0.25, 0.3) is 0 Å².